The summed E-state index contributed by atoms with van der Waals surface area (Å²) >= 11 is 0. The number of benzene rings is 2. The minimum absolute atomic E-state index is 0.0536. The fourth-order valence-corrected chi connectivity index (χ4v) is 2.97. The topological polar surface area (TPSA) is 93.5 Å². The number of nitrogens with one attached hydrogen (secondary N) is 2. The van der Waals surface area contributed by atoms with Crippen LogP contribution in [0.15, 0.2) is 48.5 Å². The quantitative estimate of drug-likeness (QED) is 0.726. The lowest BCUT2D eigenvalue weighted by molar-refractivity contribution is -0.132. The Morgan fingerprint density at radius 3 is 2.70 bits per heavy atom. The van der Waals surface area contributed by atoms with Crippen LogP contribution < -0.4 is 16.4 Å². The van der Waals surface area contributed by atoms with Gasteiger partial charge in [-0.3, -0.25) is 9.59 Å². The van der Waals surface area contributed by atoms with Gasteiger partial charge in [-0.25, -0.2) is 4.39 Å². The van der Waals surface area contributed by atoms with Crippen LogP contribution in [0.25, 0.3) is 0 Å². The Kier molecular flexibility index (Phi) is 6.16. The summed E-state index contributed by atoms with van der Waals surface area (Å²) in [5, 5.41) is 5.56. The molecule has 0 aromatic heterocycles. The van der Waals surface area contributed by atoms with Crippen molar-refractivity contribution >= 4 is 17.5 Å². The van der Waals surface area contributed by atoms with Gasteiger partial charge in [0.2, 0.25) is 5.91 Å². The Balaban J connectivity index is 1.56. The molecule has 4 N–H and O–H groups in total. The first kappa shape index (κ1) is 19.0. The van der Waals surface area contributed by atoms with Crippen molar-refractivity contribution in [3.05, 3.63) is 65.5 Å². The van der Waals surface area contributed by atoms with Crippen LogP contribution in [0.5, 0.6) is 0 Å². The molecule has 1 heterocycles. The number of carbonyl (C=O) groups excluding carboxylic acids is 2. The highest BCUT2D eigenvalue weighted by Gasteiger charge is 2.29. The third kappa shape index (κ3) is 5.12. The van der Waals surface area contributed by atoms with Crippen molar-refractivity contribution in [2.24, 2.45) is 5.73 Å². The molecule has 1 aliphatic heterocycles. The van der Waals surface area contributed by atoms with Crippen LogP contribution in [0, 0.1) is 5.82 Å². The van der Waals surface area contributed by atoms with E-state index in [0.717, 1.165) is 12.0 Å². The van der Waals surface area contributed by atoms with E-state index in [4.69, 9.17) is 10.5 Å². The number of halogens is 1. The Labute approximate surface area is 156 Å². The van der Waals surface area contributed by atoms with Gasteiger partial charge < -0.3 is 21.1 Å². The highest BCUT2D eigenvalue weighted by Crippen LogP contribution is 2.19. The molecule has 1 saturated heterocycles. The summed E-state index contributed by atoms with van der Waals surface area (Å²) in [6.45, 7) is 0.729. The maximum absolute atomic E-state index is 13.2. The Hall–Kier alpha value is -2.77. The van der Waals surface area contributed by atoms with Crippen molar-refractivity contribution in [2.45, 2.75) is 31.6 Å². The van der Waals surface area contributed by atoms with Crippen LogP contribution in [-0.2, 0) is 16.1 Å². The van der Waals surface area contributed by atoms with Gasteiger partial charge in [-0.15, -0.1) is 0 Å². The molecular weight excluding hydrogens is 349 g/mol. The highest BCUT2D eigenvalue weighted by molar-refractivity contribution is 6.04. The predicted molar refractivity (Wildman–Crippen MR) is 99.6 cm³/mol. The Bertz CT molecular complexity index is 828. The molecule has 1 fully saturated rings. The number of hydrogen-bond donors (Lipinski definition) is 3. The molecule has 2 aromatic rings. The first-order chi connectivity index (χ1) is 13.0. The molecule has 142 valence electrons. The van der Waals surface area contributed by atoms with Gasteiger partial charge in [0.25, 0.3) is 5.91 Å². The standard InChI is InChI=1S/C20H22FN3O3/c21-15-5-2-4-14(10-15)19(25)24-16-6-1-3-13(9-16)12-23-20(26)18-8-7-17(11-22)27-18/h1-6,9-10,17-18H,7-8,11-12,22H2,(H,23,26)(H,24,25)/t17-,18+/m1/s1. The van der Waals surface area contributed by atoms with Crippen molar-refractivity contribution in [3.63, 3.8) is 0 Å². The molecule has 0 saturated carbocycles. The van der Waals surface area contributed by atoms with Gasteiger partial charge in [0.15, 0.2) is 0 Å². The van der Waals surface area contributed by atoms with Gasteiger partial charge in [-0.05, 0) is 48.7 Å². The monoisotopic (exact) mass is 371 g/mol. The second kappa shape index (κ2) is 8.75. The minimum atomic E-state index is -0.467. The van der Waals surface area contributed by atoms with Crippen molar-refractivity contribution in [1.82, 2.24) is 5.32 Å². The van der Waals surface area contributed by atoms with E-state index in [1.165, 1.54) is 18.2 Å². The largest absolute Gasteiger partial charge is 0.364 e. The van der Waals surface area contributed by atoms with Crippen LogP contribution in [0.2, 0.25) is 0 Å². The zero-order chi connectivity index (χ0) is 19.2. The number of nitrogens with two attached hydrogens (primary N) is 1. The summed E-state index contributed by atoms with van der Waals surface area (Å²) in [7, 11) is 0. The number of hydrogen-bond acceptors (Lipinski definition) is 4. The lowest BCUT2D eigenvalue weighted by Crippen LogP contribution is -2.35. The zero-order valence-corrected chi connectivity index (χ0v) is 14.8. The van der Waals surface area contributed by atoms with Gasteiger partial charge in [-0.1, -0.05) is 18.2 Å². The average Bonchev–Trinajstić information content (AvgIpc) is 3.16. The number of rotatable bonds is 6. The first-order valence-electron chi connectivity index (χ1n) is 8.84. The van der Waals surface area contributed by atoms with Gasteiger partial charge in [-0.2, -0.15) is 0 Å². The molecule has 0 spiro atoms. The molecule has 1 aliphatic rings. The minimum Gasteiger partial charge on any atom is -0.364 e. The van der Waals surface area contributed by atoms with Crippen molar-refractivity contribution in [1.29, 1.82) is 0 Å². The summed E-state index contributed by atoms with van der Waals surface area (Å²) in [4.78, 5) is 24.4. The van der Waals surface area contributed by atoms with E-state index in [1.807, 2.05) is 6.07 Å². The molecule has 0 bridgehead atoms. The van der Waals surface area contributed by atoms with E-state index in [9.17, 15) is 14.0 Å². The van der Waals surface area contributed by atoms with Gasteiger partial charge >= 0.3 is 0 Å². The van der Waals surface area contributed by atoms with E-state index in [1.54, 1.807) is 24.3 Å². The smallest absolute Gasteiger partial charge is 0.255 e. The van der Waals surface area contributed by atoms with Crippen LogP contribution in [0.3, 0.4) is 0 Å². The summed E-state index contributed by atoms with van der Waals surface area (Å²) in [6, 6.07) is 12.6. The molecule has 0 aliphatic carbocycles. The van der Waals surface area contributed by atoms with Crippen molar-refractivity contribution in [2.75, 3.05) is 11.9 Å². The van der Waals surface area contributed by atoms with E-state index in [2.05, 4.69) is 10.6 Å². The van der Waals surface area contributed by atoms with Crippen LogP contribution in [0.1, 0.15) is 28.8 Å². The third-order valence-electron chi connectivity index (χ3n) is 4.40. The molecular formula is C20H22FN3O3. The summed E-state index contributed by atoms with van der Waals surface area (Å²) in [5.74, 6) is -1.03. The van der Waals surface area contributed by atoms with Gasteiger partial charge in [0.05, 0.1) is 6.10 Å². The highest BCUT2D eigenvalue weighted by atomic mass is 19.1. The zero-order valence-electron chi connectivity index (χ0n) is 14.8. The second-order valence-corrected chi connectivity index (χ2v) is 6.44. The van der Waals surface area contributed by atoms with Crippen molar-refractivity contribution in [3.8, 4) is 0 Å². The van der Waals surface area contributed by atoms with Gasteiger partial charge in [0, 0.05) is 24.3 Å². The number of amides is 2. The molecule has 7 heteroatoms. The summed E-state index contributed by atoms with van der Waals surface area (Å²) < 4.78 is 18.8. The number of ether oxygens (including phenoxy) is 1. The Morgan fingerprint density at radius 2 is 1.96 bits per heavy atom. The number of anilines is 1. The predicted octanol–water partition coefficient (Wildman–Crippen LogP) is 2.20. The van der Waals surface area contributed by atoms with E-state index < -0.39 is 17.8 Å². The molecule has 2 atom stereocenters. The molecule has 6 nitrogen and oxygen atoms in total. The Morgan fingerprint density at radius 1 is 1.15 bits per heavy atom. The lowest BCUT2D eigenvalue weighted by atomic mass is 10.1. The average molecular weight is 371 g/mol. The van der Waals surface area contributed by atoms with E-state index >= 15 is 0 Å². The summed E-state index contributed by atoms with van der Waals surface area (Å²) in [5.41, 5.74) is 7.19. The fourth-order valence-electron chi connectivity index (χ4n) is 2.97. The van der Waals surface area contributed by atoms with Crippen LogP contribution in [-0.4, -0.2) is 30.6 Å². The molecule has 2 aromatic carbocycles. The van der Waals surface area contributed by atoms with Crippen LogP contribution >= 0.6 is 0 Å². The molecule has 2 amide bonds. The maximum atomic E-state index is 13.2. The lowest BCUT2D eigenvalue weighted by Gasteiger charge is -2.13. The maximum Gasteiger partial charge on any atom is 0.255 e. The number of carbonyl (C=O) groups is 2. The van der Waals surface area contributed by atoms with Crippen LogP contribution in [0.4, 0.5) is 10.1 Å². The first-order valence-corrected chi connectivity index (χ1v) is 8.84. The SMILES string of the molecule is NC[C@H]1CC[C@@H](C(=O)NCc2cccc(NC(=O)c3cccc(F)c3)c2)O1. The molecule has 0 unspecified atom stereocenters. The second-order valence-electron chi connectivity index (χ2n) is 6.44. The normalized spacial score (nSPS) is 18.9. The van der Waals surface area contributed by atoms with E-state index in [-0.39, 0.29) is 17.6 Å². The van der Waals surface area contributed by atoms with Crippen molar-refractivity contribution < 1.29 is 18.7 Å². The third-order valence-corrected chi connectivity index (χ3v) is 4.40. The van der Waals surface area contributed by atoms with Gasteiger partial charge in [0.1, 0.15) is 11.9 Å². The molecule has 3 rings (SSSR count). The summed E-state index contributed by atoms with van der Waals surface area (Å²) in [6.07, 6.45) is 0.935. The molecule has 27 heavy (non-hydrogen) atoms. The molecule has 0 radical (unpaired) electrons. The fraction of sp³-hybridized carbons (Fsp3) is 0.300. The van der Waals surface area contributed by atoms with E-state index in [0.29, 0.717) is 25.2 Å².